The summed E-state index contributed by atoms with van der Waals surface area (Å²) in [7, 11) is 0. The lowest BCUT2D eigenvalue weighted by Gasteiger charge is -2.27. The fourth-order valence-corrected chi connectivity index (χ4v) is 3.43. The number of hydrogen-bond donors (Lipinski definition) is 2. The molecule has 2 N–H and O–H groups in total. The smallest absolute Gasteiger partial charge is 0.288 e. The van der Waals surface area contributed by atoms with Crippen LogP contribution in [0.4, 0.5) is 11.6 Å². The molecule has 0 aliphatic carbocycles. The molecule has 132 valence electrons. The van der Waals surface area contributed by atoms with Crippen LogP contribution in [0.1, 0.15) is 17.2 Å². The fraction of sp³-hybridized carbons (Fsp3) is 0.0556. The maximum Gasteiger partial charge on any atom is 0.288 e. The molecule has 0 saturated carbocycles. The minimum atomic E-state index is -0.423. The van der Waals surface area contributed by atoms with Gasteiger partial charge in [0, 0.05) is 16.1 Å². The lowest BCUT2D eigenvalue weighted by molar-refractivity contribution is 0.567. The number of nitrogens with one attached hydrogen (secondary N) is 2. The largest absolute Gasteiger partial charge is 0.318 e. The first-order valence-corrected chi connectivity index (χ1v) is 8.58. The zero-order chi connectivity index (χ0) is 18.4. The molecule has 0 bridgehead atoms. The van der Waals surface area contributed by atoms with Crippen LogP contribution in [-0.4, -0.2) is 30.4 Å². The maximum absolute atomic E-state index is 12.5. The van der Waals surface area contributed by atoms with Crippen molar-refractivity contribution >= 4 is 23.2 Å². The Bertz CT molecular complexity index is 1180. The molecule has 2 aromatic carbocycles. The Labute approximate surface area is 157 Å². The van der Waals surface area contributed by atoms with Gasteiger partial charge in [-0.05, 0) is 28.1 Å². The van der Waals surface area contributed by atoms with E-state index in [9.17, 15) is 4.79 Å². The number of anilines is 2. The molecular weight excluding hydrogens is 366 g/mol. The van der Waals surface area contributed by atoms with Crippen molar-refractivity contribution in [3.63, 3.8) is 0 Å². The highest BCUT2D eigenvalue weighted by atomic mass is 35.5. The van der Waals surface area contributed by atoms with Crippen molar-refractivity contribution in [3.8, 4) is 11.3 Å². The first kappa shape index (κ1) is 15.7. The fourth-order valence-electron chi connectivity index (χ4n) is 3.31. The number of aromatic amines is 1. The predicted octanol–water partition coefficient (Wildman–Crippen LogP) is 2.77. The first-order chi connectivity index (χ1) is 13.2. The third-order valence-corrected chi connectivity index (χ3v) is 4.75. The van der Waals surface area contributed by atoms with Crippen LogP contribution in [0.2, 0.25) is 5.02 Å². The number of hydrogen-bond acceptors (Lipinski definition) is 6. The molecular formula is C18H12ClN7O. The molecule has 1 aliphatic rings. The molecule has 1 atom stereocenters. The molecule has 4 aromatic rings. The van der Waals surface area contributed by atoms with E-state index < -0.39 is 6.04 Å². The lowest BCUT2D eigenvalue weighted by Crippen LogP contribution is -2.29. The molecule has 1 aliphatic heterocycles. The van der Waals surface area contributed by atoms with Gasteiger partial charge in [-0.15, -0.1) is 0 Å². The third-order valence-electron chi connectivity index (χ3n) is 4.50. The average molecular weight is 378 g/mol. The Morgan fingerprint density at radius 2 is 1.81 bits per heavy atom. The van der Waals surface area contributed by atoms with Gasteiger partial charge in [-0.1, -0.05) is 59.2 Å². The predicted molar refractivity (Wildman–Crippen MR) is 100 cm³/mol. The van der Waals surface area contributed by atoms with Crippen LogP contribution in [0, 0.1) is 0 Å². The Morgan fingerprint density at radius 1 is 1.04 bits per heavy atom. The van der Waals surface area contributed by atoms with Gasteiger partial charge in [-0.25, -0.2) is 5.10 Å². The Hall–Kier alpha value is -3.52. The SMILES string of the molecule is O=c1[nH]nc(-c2ccccc2)c2c1Nc1nnnn1C2c1ccc(Cl)cc1. The second-order valence-electron chi connectivity index (χ2n) is 6.08. The Kier molecular flexibility index (Phi) is 3.51. The van der Waals surface area contributed by atoms with E-state index in [-0.39, 0.29) is 5.56 Å². The molecule has 3 heterocycles. The molecule has 1 unspecified atom stereocenters. The van der Waals surface area contributed by atoms with Gasteiger partial charge in [0.25, 0.3) is 5.56 Å². The van der Waals surface area contributed by atoms with Crippen molar-refractivity contribution in [2.24, 2.45) is 0 Å². The van der Waals surface area contributed by atoms with E-state index >= 15 is 0 Å². The van der Waals surface area contributed by atoms with Crippen LogP contribution in [0.5, 0.6) is 0 Å². The van der Waals surface area contributed by atoms with Crippen LogP contribution < -0.4 is 10.9 Å². The molecule has 0 saturated heterocycles. The number of halogens is 1. The van der Waals surface area contributed by atoms with Crippen LogP contribution >= 0.6 is 11.6 Å². The number of fused-ring (bicyclic) bond motifs is 2. The van der Waals surface area contributed by atoms with E-state index in [1.807, 2.05) is 42.5 Å². The highest BCUT2D eigenvalue weighted by Gasteiger charge is 2.34. The van der Waals surface area contributed by atoms with Gasteiger partial charge in [0.1, 0.15) is 11.7 Å². The van der Waals surface area contributed by atoms with E-state index in [1.54, 1.807) is 16.8 Å². The number of H-pyrrole nitrogens is 1. The Balaban J connectivity index is 1.83. The van der Waals surface area contributed by atoms with Crippen LogP contribution in [-0.2, 0) is 0 Å². The highest BCUT2D eigenvalue weighted by Crippen LogP contribution is 2.40. The third kappa shape index (κ3) is 2.49. The first-order valence-electron chi connectivity index (χ1n) is 8.21. The number of aromatic nitrogens is 6. The summed E-state index contributed by atoms with van der Waals surface area (Å²) in [6, 6.07) is 16.6. The van der Waals surface area contributed by atoms with Gasteiger partial charge < -0.3 is 5.32 Å². The number of tetrazole rings is 1. The van der Waals surface area contributed by atoms with E-state index in [2.05, 4.69) is 31.0 Å². The molecule has 2 aromatic heterocycles. The molecule has 0 amide bonds. The molecule has 0 radical (unpaired) electrons. The second kappa shape index (κ2) is 6.03. The van der Waals surface area contributed by atoms with Crippen molar-refractivity contribution < 1.29 is 0 Å². The zero-order valence-corrected chi connectivity index (χ0v) is 14.6. The monoisotopic (exact) mass is 377 g/mol. The summed E-state index contributed by atoms with van der Waals surface area (Å²) in [6.07, 6.45) is 0. The van der Waals surface area contributed by atoms with Crippen LogP contribution in [0.25, 0.3) is 11.3 Å². The van der Waals surface area contributed by atoms with Crippen molar-refractivity contribution in [3.05, 3.63) is 81.1 Å². The van der Waals surface area contributed by atoms with Crippen molar-refractivity contribution in [1.82, 2.24) is 30.4 Å². The topological polar surface area (TPSA) is 101 Å². The van der Waals surface area contributed by atoms with Gasteiger partial charge in [0.2, 0.25) is 5.95 Å². The highest BCUT2D eigenvalue weighted by molar-refractivity contribution is 6.30. The minimum absolute atomic E-state index is 0.335. The molecule has 8 nitrogen and oxygen atoms in total. The summed E-state index contributed by atoms with van der Waals surface area (Å²) < 4.78 is 1.64. The molecule has 0 fully saturated rings. The molecule has 9 heteroatoms. The Morgan fingerprint density at radius 3 is 2.59 bits per heavy atom. The van der Waals surface area contributed by atoms with Gasteiger partial charge in [0.15, 0.2) is 0 Å². The van der Waals surface area contributed by atoms with Crippen molar-refractivity contribution in [2.45, 2.75) is 6.04 Å². The molecule has 27 heavy (non-hydrogen) atoms. The zero-order valence-electron chi connectivity index (χ0n) is 13.8. The van der Waals surface area contributed by atoms with Gasteiger partial charge in [-0.2, -0.15) is 9.78 Å². The van der Waals surface area contributed by atoms with E-state index in [0.29, 0.717) is 27.9 Å². The van der Waals surface area contributed by atoms with E-state index in [0.717, 1.165) is 11.1 Å². The van der Waals surface area contributed by atoms with Gasteiger partial charge >= 0.3 is 0 Å². The molecule has 0 spiro atoms. The lowest BCUT2D eigenvalue weighted by atomic mass is 9.92. The minimum Gasteiger partial charge on any atom is -0.318 e. The summed E-state index contributed by atoms with van der Waals surface area (Å²) in [4.78, 5) is 12.5. The number of rotatable bonds is 2. The van der Waals surface area contributed by atoms with Gasteiger partial charge in [-0.3, -0.25) is 4.79 Å². The number of benzene rings is 2. The number of nitrogens with zero attached hydrogens (tertiary/aromatic N) is 5. The van der Waals surface area contributed by atoms with Crippen LogP contribution in [0.15, 0.2) is 59.4 Å². The summed E-state index contributed by atoms with van der Waals surface area (Å²) in [5, 5.41) is 22.4. The molecule has 5 rings (SSSR count). The van der Waals surface area contributed by atoms with E-state index in [1.165, 1.54) is 0 Å². The van der Waals surface area contributed by atoms with Crippen molar-refractivity contribution in [2.75, 3.05) is 5.32 Å². The summed E-state index contributed by atoms with van der Waals surface area (Å²) in [5.74, 6) is 0.387. The van der Waals surface area contributed by atoms with Crippen LogP contribution in [0.3, 0.4) is 0 Å². The normalized spacial score (nSPS) is 14.9. The van der Waals surface area contributed by atoms with Gasteiger partial charge in [0.05, 0.1) is 5.69 Å². The maximum atomic E-state index is 12.5. The van der Waals surface area contributed by atoms with E-state index in [4.69, 9.17) is 11.6 Å². The summed E-state index contributed by atoms with van der Waals surface area (Å²) >= 11 is 6.06. The summed E-state index contributed by atoms with van der Waals surface area (Å²) in [6.45, 7) is 0. The van der Waals surface area contributed by atoms with Crippen molar-refractivity contribution in [1.29, 1.82) is 0 Å². The summed E-state index contributed by atoms with van der Waals surface area (Å²) in [5.41, 5.74) is 3.16. The average Bonchev–Trinajstić information content (AvgIpc) is 3.17. The quantitative estimate of drug-likeness (QED) is 0.490. The second-order valence-corrected chi connectivity index (χ2v) is 6.52. The standard InChI is InChI=1S/C18H12ClN7O/c19-12-8-6-11(7-9-12)16-13-14(10-4-2-1-3-5-10)21-22-17(27)15(13)20-18-23-24-25-26(16)18/h1-9,16H,(H,22,27)(H,20,23,25).